The molecule has 172 valence electrons. The van der Waals surface area contributed by atoms with Crippen molar-refractivity contribution in [2.45, 2.75) is 25.7 Å². The molecule has 0 radical (unpaired) electrons. The Bertz CT molecular complexity index is 1250. The summed E-state index contributed by atoms with van der Waals surface area (Å²) in [6.07, 6.45) is 1.56. The van der Waals surface area contributed by atoms with Gasteiger partial charge in [0, 0.05) is 18.2 Å². The first-order valence-electron chi connectivity index (χ1n) is 11.6. The maximum atomic E-state index is 13.2. The number of ketones is 1. The lowest BCUT2D eigenvalue weighted by molar-refractivity contribution is -0.141. The first-order valence-corrected chi connectivity index (χ1v) is 11.6. The molecule has 0 bridgehead atoms. The van der Waals surface area contributed by atoms with Crippen LogP contribution in [0.3, 0.4) is 0 Å². The first kappa shape index (κ1) is 23.2. The monoisotopic (exact) mass is 452 g/mol. The van der Waals surface area contributed by atoms with E-state index < -0.39 is 11.9 Å². The van der Waals surface area contributed by atoms with Gasteiger partial charge in [-0.3, -0.25) is 9.59 Å². The average molecular weight is 453 g/mol. The maximum absolute atomic E-state index is 13.2. The second kappa shape index (κ2) is 11.3. The fourth-order valence-electron chi connectivity index (χ4n) is 4.19. The molecule has 34 heavy (non-hydrogen) atoms. The number of ether oxygens (including phenoxy) is 1. The summed E-state index contributed by atoms with van der Waals surface area (Å²) in [5.41, 5.74) is 2.63. The number of rotatable bonds is 11. The normalized spacial score (nSPS) is 11.8. The van der Waals surface area contributed by atoms with E-state index in [9.17, 15) is 14.7 Å². The van der Waals surface area contributed by atoms with Crippen molar-refractivity contribution in [2.75, 3.05) is 6.61 Å². The van der Waals surface area contributed by atoms with Crippen LogP contribution in [0.15, 0.2) is 97.1 Å². The van der Waals surface area contributed by atoms with E-state index in [1.54, 1.807) is 6.07 Å². The summed E-state index contributed by atoms with van der Waals surface area (Å²) in [4.78, 5) is 25.1. The molecule has 0 unspecified atom stereocenters. The highest BCUT2D eigenvalue weighted by Gasteiger charge is 2.22. The Balaban J connectivity index is 1.50. The van der Waals surface area contributed by atoms with Crippen LogP contribution < -0.4 is 4.74 Å². The lowest BCUT2D eigenvalue weighted by atomic mass is 9.92. The molecule has 0 aliphatic heterocycles. The van der Waals surface area contributed by atoms with Crippen LogP contribution in [0, 0.1) is 5.92 Å². The van der Waals surface area contributed by atoms with Crippen LogP contribution in [-0.2, 0) is 17.6 Å². The van der Waals surface area contributed by atoms with Crippen molar-refractivity contribution in [1.82, 2.24) is 0 Å². The Morgan fingerprint density at radius 2 is 1.41 bits per heavy atom. The summed E-state index contributed by atoms with van der Waals surface area (Å²) < 4.78 is 6.19. The SMILES string of the molecule is O=C(CC[C@@H](Cc1ccccc1)C(=O)O)c1ccc2ccccc2c1OCCc1ccccc1. The van der Waals surface area contributed by atoms with Gasteiger partial charge in [-0.2, -0.15) is 0 Å². The standard InChI is InChI=1S/C30H28O4/c31-28(18-16-25(30(32)33)21-23-11-5-2-6-12-23)27-17-15-24-13-7-8-14-26(24)29(27)34-20-19-22-9-3-1-4-10-22/h1-15,17,25H,16,18-21H2,(H,32,33)/t25-/m0/s1. The van der Waals surface area contributed by atoms with Crippen molar-refractivity contribution in [3.8, 4) is 5.75 Å². The molecule has 4 nitrogen and oxygen atoms in total. The topological polar surface area (TPSA) is 63.6 Å². The second-order valence-corrected chi connectivity index (χ2v) is 8.43. The van der Waals surface area contributed by atoms with Gasteiger partial charge in [0.2, 0.25) is 0 Å². The molecule has 0 fully saturated rings. The number of carbonyl (C=O) groups excluding carboxylic acids is 1. The van der Waals surface area contributed by atoms with Crippen LogP contribution in [0.25, 0.3) is 10.8 Å². The maximum Gasteiger partial charge on any atom is 0.306 e. The van der Waals surface area contributed by atoms with E-state index in [0.717, 1.165) is 22.8 Å². The van der Waals surface area contributed by atoms with Gasteiger partial charge in [-0.05, 0) is 35.4 Å². The van der Waals surface area contributed by atoms with E-state index in [-0.39, 0.29) is 18.6 Å². The van der Waals surface area contributed by atoms with Crippen molar-refractivity contribution in [2.24, 2.45) is 5.92 Å². The molecular weight excluding hydrogens is 424 g/mol. The van der Waals surface area contributed by atoms with Gasteiger partial charge >= 0.3 is 5.97 Å². The highest BCUT2D eigenvalue weighted by Crippen LogP contribution is 2.32. The number of carboxylic acids is 1. The van der Waals surface area contributed by atoms with Gasteiger partial charge in [-0.15, -0.1) is 0 Å². The minimum absolute atomic E-state index is 0.0974. The van der Waals surface area contributed by atoms with Gasteiger partial charge in [-0.1, -0.05) is 91.0 Å². The largest absolute Gasteiger partial charge is 0.492 e. The molecule has 4 heteroatoms. The predicted octanol–water partition coefficient (Wildman–Crippen LogP) is 6.37. The quantitative estimate of drug-likeness (QED) is 0.269. The van der Waals surface area contributed by atoms with Crippen molar-refractivity contribution in [1.29, 1.82) is 0 Å². The number of Topliss-reactive ketones (excluding diaryl/α,β-unsaturated/α-hetero) is 1. The smallest absolute Gasteiger partial charge is 0.306 e. The zero-order chi connectivity index (χ0) is 23.8. The number of carboxylic acid groups (broad SMARTS) is 1. The Kier molecular flexibility index (Phi) is 7.71. The van der Waals surface area contributed by atoms with Crippen molar-refractivity contribution < 1.29 is 19.4 Å². The number of fused-ring (bicyclic) bond motifs is 1. The van der Waals surface area contributed by atoms with Crippen LogP contribution in [0.5, 0.6) is 5.75 Å². The van der Waals surface area contributed by atoms with E-state index >= 15 is 0 Å². The van der Waals surface area contributed by atoms with Crippen molar-refractivity contribution in [3.05, 3.63) is 114 Å². The molecule has 0 spiro atoms. The van der Waals surface area contributed by atoms with Crippen LogP contribution in [-0.4, -0.2) is 23.5 Å². The van der Waals surface area contributed by atoms with Crippen molar-refractivity contribution in [3.63, 3.8) is 0 Å². The molecular formula is C30H28O4. The summed E-state index contributed by atoms with van der Waals surface area (Å²) in [6.45, 7) is 0.448. The fourth-order valence-corrected chi connectivity index (χ4v) is 4.19. The van der Waals surface area contributed by atoms with E-state index in [0.29, 0.717) is 24.3 Å². The summed E-state index contributed by atoms with van der Waals surface area (Å²) in [5, 5.41) is 11.6. The van der Waals surface area contributed by atoms with E-state index in [1.807, 2.05) is 78.9 Å². The summed E-state index contributed by atoms with van der Waals surface area (Å²) in [6, 6.07) is 31.2. The second-order valence-electron chi connectivity index (χ2n) is 8.43. The highest BCUT2D eigenvalue weighted by atomic mass is 16.5. The number of hydrogen-bond donors (Lipinski definition) is 1. The Morgan fingerprint density at radius 1 is 0.765 bits per heavy atom. The molecule has 0 amide bonds. The molecule has 4 aromatic carbocycles. The fraction of sp³-hybridized carbons (Fsp3) is 0.200. The van der Waals surface area contributed by atoms with Gasteiger partial charge in [0.15, 0.2) is 5.78 Å². The van der Waals surface area contributed by atoms with E-state index in [1.165, 1.54) is 5.56 Å². The van der Waals surface area contributed by atoms with E-state index in [2.05, 4.69) is 12.1 Å². The molecule has 1 N–H and O–H groups in total. The Hall–Kier alpha value is -3.92. The molecule has 0 aromatic heterocycles. The Morgan fingerprint density at radius 3 is 2.12 bits per heavy atom. The molecule has 0 aliphatic carbocycles. The average Bonchev–Trinajstić information content (AvgIpc) is 2.87. The number of aliphatic carboxylic acids is 1. The molecule has 4 rings (SSSR count). The van der Waals surface area contributed by atoms with Crippen LogP contribution in [0.1, 0.15) is 34.3 Å². The van der Waals surface area contributed by atoms with Gasteiger partial charge in [0.1, 0.15) is 5.75 Å². The molecule has 0 heterocycles. The number of benzene rings is 4. The number of carbonyl (C=O) groups is 2. The third kappa shape index (κ3) is 5.90. The minimum Gasteiger partial charge on any atom is -0.492 e. The third-order valence-electron chi connectivity index (χ3n) is 6.05. The molecule has 0 saturated carbocycles. The van der Waals surface area contributed by atoms with Gasteiger partial charge < -0.3 is 9.84 Å². The molecule has 0 saturated heterocycles. The van der Waals surface area contributed by atoms with Crippen LogP contribution in [0.4, 0.5) is 0 Å². The molecule has 1 atom stereocenters. The van der Waals surface area contributed by atoms with Crippen LogP contribution in [0.2, 0.25) is 0 Å². The summed E-state index contributed by atoms with van der Waals surface area (Å²) in [7, 11) is 0. The third-order valence-corrected chi connectivity index (χ3v) is 6.05. The zero-order valence-corrected chi connectivity index (χ0v) is 19.0. The molecule has 0 aliphatic rings. The first-order chi connectivity index (χ1) is 16.6. The zero-order valence-electron chi connectivity index (χ0n) is 19.0. The van der Waals surface area contributed by atoms with Crippen molar-refractivity contribution >= 4 is 22.5 Å². The minimum atomic E-state index is -0.880. The number of hydrogen-bond acceptors (Lipinski definition) is 3. The lowest BCUT2D eigenvalue weighted by Gasteiger charge is -2.16. The van der Waals surface area contributed by atoms with Crippen LogP contribution >= 0.6 is 0 Å². The van der Waals surface area contributed by atoms with Gasteiger partial charge in [0.05, 0.1) is 18.1 Å². The van der Waals surface area contributed by atoms with Gasteiger partial charge in [0.25, 0.3) is 0 Å². The molecule has 4 aromatic rings. The Labute approximate surface area is 199 Å². The summed E-state index contributed by atoms with van der Waals surface area (Å²) in [5.74, 6) is -1.02. The van der Waals surface area contributed by atoms with Gasteiger partial charge in [-0.25, -0.2) is 0 Å². The summed E-state index contributed by atoms with van der Waals surface area (Å²) >= 11 is 0. The predicted molar refractivity (Wildman–Crippen MR) is 134 cm³/mol. The van der Waals surface area contributed by atoms with E-state index in [4.69, 9.17) is 4.74 Å². The lowest BCUT2D eigenvalue weighted by Crippen LogP contribution is -2.18. The highest BCUT2D eigenvalue weighted by molar-refractivity contribution is 6.05.